The van der Waals surface area contributed by atoms with Gasteiger partial charge in [-0.1, -0.05) is 27.5 Å². The Morgan fingerprint density at radius 2 is 1.72 bits per heavy atom. The molecule has 0 radical (unpaired) electrons. The second-order valence-electron chi connectivity index (χ2n) is 4.81. The Balaban J connectivity index is 2.58. The molecule has 0 heterocycles. The summed E-state index contributed by atoms with van der Waals surface area (Å²) in [7, 11) is -1.01. The molecule has 0 saturated heterocycles. The number of ether oxygens (including phenoxy) is 2. The molecule has 0 aromatic heterocycles. The number of nitrogens with zero attached hydrogens (tertiary/aromatic N) is 1. The lowest BCUT2D eigenvalue weighted by Gasteiger charge is -2.10. The number of rotatable bonds is 5. The van der Waals surface area contributed by atoms with Gasteiger partial charge in [-0.15, -0.1) is 0 Å². The number of sulfone groups is 1. The quantitative estimate of drug-likeness (QED) is 0.639. The van der Waals surface area contributed by atoms with E-state index in [1.807, 2.05) is 0 Å². The lowest BCUT2D eigenvalue weighted by atomic mass is 10.2. The topological polar surface area (TPSA) is 76.4 Å². The lowest BCUT2D eigenvalue weighted by molar-refractivity contribution is 0.354. The number of hydrogen-bond acceptors (Lipinski definition) is 5. The van der Waals surface area contributed by atoms with Crippen molar-refractivity contribution >= 4 is 43.4 Å². The molecule has 0 saturated carbocycles. The standard InChI is InChI=1S/C17H13BrClNO4S/c1-23-16-8-11(15(18)9-17(16)24-2)7-14(10-20)25(21,22)13-5-3-12(19)4-6-13/h3-9H,1-2H3/b14-7+. The van der Waals surface area contributed by atoms with Crippen molar-refractivity contribution in [3.8, 4) is 17.6 Å². The number of allylic oxidation sites excluding steroid dienone is 1. The van der Waals surface area contributed by atoms with Crippen LogP contribution in [0.5, 0.6) is 11.5 Å². The molecule has 130 valence electrons. The summed E-state index contributed by atoms with van der Waals surface area (Å²) in [4.78, 5) is -0.413. The zero-order valence-electron chi connectivity index (χ0n) is 13.3. The van der Waals surface area contributed by atoms with Crippen LogP contribution in [0.15, 0.2) is 50.7 Å². The molecule has 5 nitrogen and oxygen atoms in total. The number of nitriles is 1. The third-order valence-electron chi connectivity index (χ3n) is 3.31. The van der Waals surface area contributed by atoms with E-state index in [-0.39, 0.29) is 4.90 Å². The molecule has 0 aliphatic carbocycles. The molecule has 0 spiro atoms. The van der Waals surface area contributed by atoms with Crippen molar-refractivity contribution in [1.82, 2.24) is 0 Å². The fourth-order valence-electron chi connectivity index (χ4n) is 2.03. The first kappa shape index (κ1) is 19.3. The summed E-state index contributed by atoms with van der Waals surface area (Å²) in [5.41, 5.74) is 0.465. The van der Waals surface area contributed by atoms with E-state index in [1.165, 1.54) is 44.6 Å². The predicted octanol–water partition coefficient (Wildman–Crippen LogP) is 4.46. The third-order valence-corrected chi connectivity index (χ3v) is 5.93. The molecule has 0 aliphatic rings. The number of methoxy groups -OCH3 is 2. The van der Waals surface area contributed by atoms with Crippen molar-refractivity contribution in [3.05, 3.63) is 56.4 Å². The SMILES string of the molecule is COc1cc(Br)c(/C=C(\C#N)S(=O)(=O)c2ccc(Cl)cc2)cc1OC. The van der Waals surface area contributed by atoms with Gasteiger partial charge in [-0.05, 0) is 48.0 Å². The Morgan fingerprint density at radius 3 is 2.24 bits per heavy atom. The molecule has 0 bridgehead atoms. The average molecular weight is 443 g/mol. The van der Waals surface area contributed by atoms with Crippen LogP contribution in [0.3, 0.4) is 0 Å². The molecule has 2 aromatic carbocycles. The minimum atomic E-state index is -3.97. The molecule has 0 unspecified atom stereocenters. The van der Waals surface area contributed by atoms with Crippen LogP contribution in [0.1, 0.15) is 5.56 Å². The lowest BCUT2D eigenvalue weighted by Crippen LogP contribution is -2.03. The monoisotopic (exact) mass is 441 g/mol. The minimum Gasteiger partial charge on any atom is -0.493 e. The van der Waals surface area contributed by atoms with Gasteiger partial charge in [0, 0.05) is 9.50 Å². The number of halogens is 2. The van der Waals surface area contributed by atoms with E-state index in [4.69, 9.17) is 21.1 Å². The van der Waals surface area contributed by atoms with Crippen LogP contribution in [-0.4, -0.2) is 22.6 Å². The number of hydrogen-bond donors (Lipinski definition) is 0. The molecular formula is C17H13BrClNO4S. The van der Waals surface area contributed by atoms with Crippen molar-refractivity contribution in [1.29, 1.82) is 5.26 Å². The maximum Gasteiger partial charge on any atom is 0.216 e. The van der Waals surface area contributed by atoms with Crippen molar-refractivity contribution < 1.29 is 17.9 Å². The molecule has 2 aromatic rings. The van der Waals surface area contributed by atoms with Gasteiger partial charge < -0.3 is 9.47 Å². The van der Waals surface area contributed by atoms with Crippen LogP contribution >= 0.6 is 27.5 Å². The first-order valence-corrected chi connectivity index (χ1v) is 9.53. The van der Waals surface area contributed by atoms with Crippen LogP contribution in [0, 0.1) is 11.3 Å². The highest BCUT2D eigenvalue weighted by atomic mass is 79.9. The maximum atomic E-state index is 12.7. The second-order valence-corrected chi connectivity index (χ2v) is 8.02. The van der Waals surface area contributed by atoms with Crippen LogP contribution in [0.25, 0.3) is 6.08 Å². The highest BCUT2D eigenvalue weighted by Crippen LogP contribution is 2.35. The van der Waals surface area contributed by atoms with Crippen molar-refractivity contribution in [2.75, 3.05) is 14.2 Å². The van der Waals surface area contributed by atoms with E-state index in [0.717, 1.165) is 0 Å². The highest BCUT2D eigenvalue weighted by molar-refractivity contribution is 9.10. The summed E-state index contributed by atoms with van der Waals surface area (Å²) in [5.74, 6) is 0.892. The van der Waals surface area contributed by atoms with Crippen molar-refractivity contribution in [3.63, 3.8) is 0 Å². The first-order chi connectivity index (χ1) is 11.8. The molecule has 0 fully saturated rings. The Labute approximate surface area is 159 Å². The molecular weight excluding hydrogens is 430 g/mol. The predicted molar refractivity (Wildman–Crippen MR) is 99.5 cm³/mol. The Bertz CT molecular complexity index is 963. The zero-order valence-corrected chi connectivity index (χ0v) is 16.4. The summed E-state index contributed by atoms with van der Waals surface area (Å²) in [6, 6.07) is 10.6. The summed E-state index contributed by atoms with van der Waals surface area (Å²) >= 11 is 9.12. The van der Waals surface area contributed by atoms with E-state index in [0.29, 0.717) is 26.6 Å². The van der Waals surface area contributed by atoms with Crippen molar-refractivity contribution in [2.24, 2.45) is 0 Å². The largest absolute Gasteiger partial charge is 0.493 e. The van der Waals surface area contributed by atoms with Gasteiger partial charge in [0.2, 0.25) is 9.84 Å². The Morgan fingerprint density at radius 1 is 1.16 bits per heavy atom. The Hall–Kier alpha value is -2.01. The average Bonchev–Trinajstić information content (AvgIpc) is 2.60. The van der Waals surface area contributed by atoms with E-state index in [2.05, 4.69) is 15.9 Å². The summed E-state index contributed by atoms with van der Waals surface area (Å²) < 4.78 is 36.3. The number of benzene rings is 2. The van der Waals surface area contributed by atoms with Gasteiger partial charge in [0.25, 0.3) is 0 Å². The summed E-state index contributed by atoms with van der Waals surface area (Å²) in [6.07, 6.45) is 1.27. The minimum absolute atomic E-state index is 0.0127. The third kappa shape index (κ3) is 4.15. The normalized spacial score (nSPS) is 11.7. The fraction of sp³-hybridized carbons (Fsp3) is 0.118. The Kier molecular flexibility index (Phi) is 6.11. The van der Waals surface area contributed by atoms with Gasteiger partial charge in [0.15, 0.2) is 11.5 Å². The first-order valence-electron chi connectivity index (χ1n) is 6.87. The van der Waals surface area contributed by atoms with Crippen LogP contribution in [0.2, 0.25) is 5.02 Å². The van der Waals surface area contributed by atoms with E-state index >= 15 is 0 Å². The summed E-state index contributed by atoms with van der Waals surface area (Å²) in [5, 5.41) is 9.77. The molecule has 8 heteroatoms. The highest BCUT2D eigenvalue weighted by Gasteiger charge is 2.21. The van der Waals surface area contributed by atoms with Gasteiger partial charge in [0.1, 0.15) is 11.0 Å². The molecule has 0 amide bonds. The molecule has 0 aliphatic heterocycles. The van der Waals surface area contributed by atoms with E-state index < -0.39 is 14.7 Å². The van der Waals surface area contributed by atoms with Crippen LogP contribution < -0.4 is 9.47 Å². The molecule has 0 atom stereocenters. The van der Waals surface area contributed by atoms with Crippen LogP contribution in [0.4, 0.5) is 0 Å². The maximum absolute atomic E-state index is 12.7. The molecule has 25 heavy (non-hydrogen) atoms. The van der Waals surface area contributed by atoms with E-state index in [9.17, 15) is 13.7 Å². The fourth-order valence-corrected chi connectivity index (χ4v) is 3.75. The molecule has 2 rings (SSSR count). The smallest absolute Gasteiger partial charge is 0.216 e. The summed E-state index contributed by atoms with van der Waals surface area (Å²) in [6.45, 7) is 0. The van der Waals surface area contributed by atoms with Crippen molar-refractivity contribution in [2.45, 2.75) is 4.90 Å². The van der Waals surface area contributed by atoms with Crippen LogP contribution in [-0.2, 0) is 9.84 Å². The van der Waals surface area contributed by atoms with Gasteiger partial charge in [-0.25, -0.2) is 8.42 Å². The second kappa shape index (κ2) is 7.91. The van der Waals surface area contributed by atoms with E-state index in [1.54, 1.807) is 18.2 Å². The van der Waals surface area contributed by atoms with Gasteiger partial charge in [-0.3, -0.25) is 0 Å². The van der Waals surface area contributed by atoms with Gasteiger partial charge >= 0.3 is 0 Å². The zero-order chi connectivity index (χ0) is 18.6. The van der Waals surface area contributed by atoms with Gasteiger partial charge in [0.05, 0.1) is 19.1 Å². The molecule has 0 N–H and O–H groups in total. The van der Waals surface area contributed by atoms with Gasteiger partial charge in [-0.2, -0.15) is 5.26 Å².